The highest BCUT2D eigenvalue weighted by Gasteiger charge is 2.08. The van der Waals surface area contributed by atoms with Crippen molar-refractivity contribution in [2.75, 3.05) is 6.61 Å². The molecule has 0 saturated heterocycles. The SMILES string of the molecule is C1=Cc2cc3nsnc3cc2OC1. The van der Waals surface area contributed by atoms with Gasteiger partial charge in [-0.3, -0.25) is 0 Å². The van der Waals surface area contributed by atoms with Gasteiger partial charge in [-0.1, -0.05) is 6.08 Å². The lowest BCUT2D eigenvalue weighted by Crippen LogP contribution is -1.99. The zero-order chi connectivity index (χ0) is 8.67. The van der Waals surface area contributed by atoms with Crippen LogP contribution in [-0.4, -0.2) is 15.4 Å². The van der Waals surface area contributed by atoms with E-state index in [1.54, 1.807) is 0 Å². The van der Waals surface area contributed by atoms with E-state index in [2.05, 4.69) is 14.8 Å². The van der Waals surface area contributed by atoms with Crippen LogP contribution in [0.25, 0.3) is 17.1 Å². The Balaban J connectivity index is 2.36. The molecule has 1 aliphatic rings. The maximum absolute atomic E-state index is 5.45. The fraction of sp³-hybridized carbons (Fsp3) is 0.111. The number of nitrogens with zero attached hydrogens (tertiary/aromatic N) is 2. The van der Waals surface area contributed by atoms with Crippen molar-refractivity contribution in [3.63, 3.8) is 0 Å². The van der Waals surface area contributed by atoms with E-state index in [1.165, 1.54) is 11.7 Å². The summed E-state index contributed by atoms with van der Waals surface area (Å²) in [4.78, 5) is 0. The number of ether oxygens (including phenoxy) is 1. The molecule has 1 aliphatic heterocycles. The van der Waals surface area contributed by atoms with Crippen LogP contribution in [0.5, 0.6) is 5.75 Å². The Morgan fingerprint density at radius 2 is 2.08 bits per heavy atom. The van der Waals surface area contributed by atoms with Gasteiger partial charge in [0.25, 0.3) is 0 Å². The molecule has 64 valence electrons. The molecule has 2 aromatic rings. The minimum absolute atomic E-state index is 0.649. The maximum Gasteiger partial charge on any atom is 0.129 e. The highest BCUT2D eigenvalue weighted by molar-refractivity contribution is 7.00. The summed E-state index contributed by atoms with van der Waals surface area (Å²) in [5, 5.41) is 0. The third kappa shape index (κ3) is 1.02. The van der Waals surface area contributed by atoms with Crippen LogP contribution in [0.2, 0.25) is 0 Å². The lowest BCUT2D eigenvalue weighted by atomic mass is 10.1. The molecular weight excluding hydrogens is 184 g/mol. The third-order valence-electron chi connectivity index (χ3n) is 2.02. The van der Waals surface area contributed by atoms with Gasteiger partial charge in [0.05, 0.1) is 11.7 Å². The second kappa shape index (κ2) is 2.53. The first-order chi connectivity index (χ1) is 6.43. The Morgan fingerprint density at radius 3 is 3.00 bits per heavy atom. The van der Waals surface area contributed by atoms with E-state index in [0.29, 0.717) is 6.61 Å². The van der Waals surface area contributed by atoms with Gasteiger partial charge in [-0.05, 0) is 12.1 Å². The highest BCUT2D eigenvalue weighted by atomic mass is 32.1. The summed E-state index contributed by atoms with van der Waals surface area (Å²) >= 11 is 1.23. The van der Waals surface area contributed by atoms with Crippen molar-refractivity contribution in [3.05, 3.63) is 23.8 Å². The molecule has 0 radical (unpaired) electrons. The summed E-state index contributed by atoms with van der Waals surface area (Å²) in [5.41, 5.74) is 2.95. The van der Waals surface area contributed by atoms with E-state index >= 15 is 0 Å². The van der Waals surface area contributed by atoms with Gasteiger partial charge in [0.15, 0.2) is 0 Å². The van der Waals surface area contributed by atoms with Crippen molar-refractivity contribution >= 4 is 28.8 Å². The number of hydrogen-bond acceptors (Lipinski definition) is 4. The molecular formula is C9H6N2OS. The Bertz CT molecular complexity index is 489. The number of hydrogen-bond donors (Lipinski definition) is 0. The molecule has 3 nitrogen and oxygen atoms in total. The van der Waals surface area contributed by atoms with E-state index in [1.807, 2.05) is 18.2 Å². The molecule has 0 unspecified atom stereocenters. The first kappa shape index (κ1) is 7.03. The molecule has 0 atom stereocenters. The van der Waals surface area contributed by atoms with Crippen LogP contribution in [0.1, 0.15) is 5.56 Å². The smallest absolute Gasteiger partial charge is 0.129 e. The van der Waals surface area contributed by atoms with Gasteiger partial charge in [0, 0.05) is 11.6 Å². The molecule has 13 heavy (non-hydrogen) atoms. The molecule has 1 aromatic heterocycles. The standard InChI is InChI=1S/C9H6N2OS/c1-2-6-4-7-8(11-13-10-7)5-9(6)12-3-1/h1-2,4-5H,3H2. The summed E-state index contributed by atoms with van der Waals surface area (Å²) in [6, 6.07) is 3.95. The van der Waals surface area contributed by atoms with Crippen LogP contribution in [-0.2, 0) is 0 Å². The van der Waals surface area contributed by atoms with Crippen LogP contribution >= 0.6 is 11.7 Å². The average Bonchev–Trinajstić information content (AvgIpc) is 2.61. The van der Waals surface area contributed by atoms with Crippen LogP contribution < -0.4 is 4.74 Å². The second-order valence-electron chi connectivity index (χ2n) is 2.86. The summed E-state index contributed by atoms with van der Waals surface area (Å²) in [6.07, 6.45) is 4.05. The molecule has 0 spiro atoms. The van der Waals surface area contributed by atoms with Crippen molar-refractivity contribution in [1.29, 1.82) is 0 Å². The molecule has 3 rings (SSSR count). The number of rotatable bonds is 0. The van der Waals surface area contributed by atoms with E-state index < -0.39 is 0 Å². The predicted molar refractivity (Wildman–Crippen MR) is 51.9 cm³/mol. The van der Waals surface area contributed by atoms with Crippen molar-refractivity contribution in [2.45, 2.75) is 0 Å². The lowest BCUT2D eigenvalue weighted by Gasteiger charge is -2.10. The molecule has 0 N–H and O–H groups in total. The fourth-order valence-electron chi connectivity index (χ4n) is 1.40. The largest absolute Gasteiger partial charge is 0.489 e. The zero-order valence-corrected chi connectivity index (χ0v) is 7.54. The topological polar surface area (TPSA) is 35.0 Å². The predicted octanol–water partition coefficient (Wildman–Crippen LogP) is 2.10. The van der Waals surface area contributed by atoms with E-state index in [-0.39, 0.29) is 0 Å². The molecule has 0 saturated carbocycles. The quantitative estimate of drug-likeness (QED) is 0.638. The number of fused-ring (bicyclic) bond motifs is 2. The van der Waals surface area contributed by atoms with Crippen molar-refractivity contribution < 1.29 is 4.74 Å². The summed E-state index contributed by atoms with van der Waals surface area (Å²) in [5.74, 6) is 0.905. The average molecular weight is 190 g/mol. The fourth-order valence-corrected chi connectivity index (χ4v) is 1.91. The van der Waals surface area contributed by atoms with Crippen LogP contribution in [0.15, 0.2) is 18.2 Å². The second-order valence-corrected chi connectivity index (χ2v) is 3.38. The number of benzene rings is 1. The van der Waals surface area contributed by atoms with E-state index in [9.17, 15) is 0 Å². The maximum atomic E-state index is 5.45. The molecule has 0 aliphatic carbocycles. The zero-order valence-electron chi connectivity index (χ0n) is 6.73. The van der Waals surface area contributed by atoms with Gasteiger partial charge < -0.3 is 4.74 Å². The molecule has 4 heteroatoms. The van der Waals surface area contributed by atoms with Crippen molar-refractivity contribution in [1.82, 2.24) is 8.75 Å². The summed E-state index contributed by atoms with van der Waals surface area (Å²) in [7, 11) is 0. The summed E-state index contributed by atoms with van der Waals surface area (Å²) < 4.78 is 13.8. The molecule has 0 fully saturated rings. The molecule has 0 amide bonds. The van der Waals surface area contributed by atoms with Crippen LogP contribution in [0.3, 0.4) is 0 Å². The first-order valence-electron chi connectivity index (χ1n) is 3.99. The van der Waals surface area contributed by atoms with Crippen LogP contribution in [0, 0.1) is 0 Å². The minimum Gasteiger partial charge on any atom is -0.489 e. The third-order valence-corrected chi connectivity index (χ3v) is 2.57. The van der Waals surface area contributed by atoms with E-state index in [0.717, 1.165) is 22.3 Å². The first-order valence-corrected chi connectivity index (χ1v) is 4.72. The Morgan fingerprint density at radius 1 is 1.23 bits per heavy atom. The minimum atomic E-state index is 0.649. The van der Waals surface area contributed by atoms with E-state index in [4.69, 9.17) is 4.74 Å². The van der Waals surface area contributed by atoms with Gasteiger partial charge in [-0.15, -0.1) is 0 Å². The van der Waals surface area contributed by atoms with Crippen molar-refractivity contribution in [2.24, 2.45) is 0 Å². The Hall–Kier alpha value is -1.42. The van der Waals surface area contributed by atoms with Gasteiger partial charge >= 0.3 is 0 Å². The molecule has 1 aromatic carbocycles. The van der Waals surface area contributed by atoms with Crippen molar-refractivity contribution in [3.8, 4) is 5.75 Å². The molecule has 0 bridgehead atoms. The van der Waals surface area contributed by atoms with Crippen LogP contribution in [0.4, 0.5) is 0 Å². The van der Waals surface area contributed by atoms with Gasteiger partial charge in [0.1, 0.15) is 23.4 Å². The summed E-state index contributed by atoms with van der Waals surface area (Å²) in [6.45, 7) is 0.649. The highest BCUT2D eigenvalue weighted by Crippen LogP contribution is 2.28. The molecule has 2 heterocycles. The van der Waals surface area contributed by atoms with Gasteiger partial charge in [0.2, 0.25) is 0 Å². The Kier molecular flexibility index (Phi) is 1.37. The number of aromatic nitrogens is 2. The van der Waals surface area contributed by atoms with Gasteiger partial charge in [-0.2, -0.15) is 8.75 Å². The lowest BCUT2D eigenvalue weighted by molar-refractivity contribution is 0.359. The Labute approximate surface area is 79.0 Å². The van der Waals surface area contributed by atoms with Gasteiger partial charge in [-0.25, -0.2) is 0 Å². The normalized spacial score (nSPS) is 14.2. The monoisotopic (exact) mass is 190 g/mol.